The van der Waals surface area contributed by atoms with Crippen molar-refractivity contribution in [2.45, 2.75) is 38.6 Å². The smallest absolute Gasteiger partial charge is 0.130 e. The predicted octanol–water partition coefficient (Wildman–Crippen LogP) is 1.25. The Kier molecular flexibility index (Phi) is 2.61. The second-order valence-corrected chi connectivity index (χ2v) is 4.25. The minimum Gasteiger partial charge on any atom is -0.363 e. The molecule has 82 valence electrons. The maximum Gasteiger partial charge on any atom is 0.130 e. The highest BCUT2D eigenvalue weighted by molar-refractivity contribution is 5.42. The Morgan fingerprint density at radius 1 is 1.47 bits per heavy atom. The third-order valence-corrected chi connectivity index (χ3v) is 2.89. The fraction of sp³-hybridized carbons (Fsp3) is 0.636. The molecule has 0 atom stereocenters. The molecule has 3 N–H and O–H groups in total. The number of hydrogen-bond donors (Lipinski definition) is 2. The number of nitrogens with one attached hydrogen (secondary N) is 1. The minimum absolute atomic E-state index is 0.117. The van der Waals surface area contributed by atoms with Crippen molar-refractivity contribution >= 4 is 5.82 Å². The average Bonchev–Trinajstić information content (AvgIpc) is 2.97. The first-order valence-electron chi connectivity index (χ1n) is 5.50. The van der Waals surface area contributed by atoms with Gasteiger partial charge in [0.25, 0.3) is 0 Å². The molecule has 15 heavy (non-hydrogen) atoms. The standard InChI is InChI=1S/C11H18N4/c1-3-9-6-10(14-8(2)13-9)15-11(7-12)4-5-11/h6H,3-5,7,12H2,1-2H3,(H,13,14,15). The van der Waals surface area contributed by atoms with Gasteiger partial charge in [-0.2, -0.15) is 0 Å². The van der Waals surface area contributed by atoms with E-state index in [-0.39, 0.29) is 5.54 Å². The predicted molar refractivity (Wildman–Crippen MR) is 60.8 cm³/mol. The topological polar surface area (TPSA) is 63.8 Å². The maximum atomic E-state index is 5.72. The molecule has 4 heteroatoms. The lowest BCUT2D eigenvalue weighted by atomic mass is 10.2. The van der Waals surface area contributed by atoms with E-state index in [2.05, 4.69) is 22.2 Å². The van der Waals surface area contributed by atoms with Crippen LogP contribution in [0.1, 0.15) is 31.3 Å². The average molecular weight is 206 g/mol. The van der Waals surface area contributed by atoms with Crippen LogP contribution in [0, 0.1) is 6.92 Å². The Morgan fingerprint density at radius 3 is 2.73 bits per heavy atom. The van der Waals surface area contributed by atoms with Crippen LogP contribution in [0.25, 0.3) is 0 Å². The van der Waals surface area contributed by atoms with Gasteiger partial charge in [0.15, 0.2) is 0 Å². The van der Waals surface area contributed by atoms with Crippen molar-refractivity contribution in [3.8, 4) is 0 Å². The molecule has 1 aliphatic rings. The highest BCUT2D eigenvalue weighted by Crippen LogP contribution is 2.37. The third kappa shape index (κ3) is 2.26. The van der Waals surface area contributed by atoms with Gasteiger partial charge in [-0.1, -0.05) is 6.92 Å². The molecule has 0 bridgehead atoms. The Morgan fingerprint density at radius 2 is 2.20 bits per heavy atom. The van der Waals surface area contributed by atoms with Crippen LogP contribution in [-0.4, -0.2) is 22.1 Å². The van der Waals surface area contributed by atoms with Gasteiger partial charge in [-0.25, -0.2) is 9.97 Å². The summed E-state index contributed by atoms with van der Waals surface area (Å²) in [5.74, 6) is 1.74. The maximum absolute atomic E-state index is 5.72. The Bertz CT molecular complexity index is 358. The summed E-state index contributed by atoms with van der Waals surface area (Å²) in [5.41, 5.74) is 6.92. The summed E-state index contributed by atoms with van der Waals surface area (Å²) >= 11 is 0. The van der Waals surface area contributed by atoms with Crippen LogP contribution in [0.4, 0.5) is 5.82 Å². The van der Waals surface area contributed by atoms with E-state index < -0.39 is 0 Å². The van der Waals surface area contributed by atoms with E-state index in [0.717, 1.165) is 36.6 Å². The summed E-state index contributed by atoms with van der Waals surface area (Å²) < 4.78 is 0. The fourth-order valence-corrected chi connectivity index (χ4v) is 1.68. The van der Waals surface area contributed by atoms with Gasteiger partial charge in [-0.05, 0) is 26.2 Å². The molecule has 1 heterocycles. The van der Waals surface area contributed by atoms with E-state index in [9.17, 15) is 0 Å². The van der Waals surface area contributed by atoms with E-state index >= 15 is 0 Å². The first-order valence-corrected chi connectivity index (χ1v) is 5.50. The molecule has 4 nitrogen and oxygen atoms in total. The Labute approximate surface area is 90.3 Å². The van der Waals surface area contributed by atoms with Crippen molar-refractivity contribution < 1.29 is 0 Å². The van der Waals surface area contributed by atoms with Crippen LogP contribution in [0.15, 0.2) is 6.07 Å². The van der Waals surface area contributed by atoms with Gasteiger partial charge >= 0.3 is 0 Å². The van der Waals surface area contributed by atoms with Crippen LogP contribution >= 0.6 is 0 Å². The van der Waals surface area contributed by atoms with Crippen molar-refractivity contribution in [2.24, 2.45) is 5.73 Å². The van der Waals surface area contributed by atoms with Crippen LogP contribution in [-0.2, 0) is 6.42 Å². The lowest BCUT2D eigenvalue weighted by Crippen LogP contribution is -2.31. The molecule has 1 aromatic rings. The fourth-order valence-electron chi connectivity index (χ4n) is 1.68. The Balaban J connectivity index is 2.17. The molecular formula is C11H18N4. The third-order valence-electron chi connectivity index (χ3n) is 2.89. The quantitative estimate of drug-likeness (QED) is 0.778. The van der Waals surface area contributed by atoms with Crippen LogP contribution in [0.2, 0.25) is 0 Å². The molecule has 0 saturated heterocycles. The highest BCUT2D eigenvalue weighted by atomic mass is 15.1. The monoisotopic (exact) mass is 206 g/mol. The number of nitrogens with two attached hydrogens (primary N) is 1. The van der Waals surface area contributed by atoms with Crippen molar-refractivity contribution in [1.29, 1.82) is 0 Å². The molecular weight excluding hydrogens is 188 g/mol. The van der Waals surface area contributed by atoms with Gasteiger partial charge in [0.2, 0.25) is 0 Å². The van der Waals surface area contributed by atoms with E-state index in [1.807, 2.05) is 13.0 Å². The number of rotatable bonds is 4. The molecule has 0 aromatic carbocycles. The number of aryl methyl sites for hydroxylation is 2. The lowest BCUT2D eigenvalue weighted by molar-refractivity contribution is 0.734. The molecule has 0 amide bonds. The molecule has 0 radical (unpaired) electrons. The zero-order valence-corrected chi connectivity index (χ0v) is 9.38. The summed E-state index contributed by atoms with van der Waals surface area (Å²) in [6.45, 7) is 4.70. The lowest BCUT2D eigenvalue weighted by Gasteiger charge is -2.16. The van der Waals surface area contributed by atoms with E-state index in [1.165, 1.54) is 0 Å². The zero-order chi connectivity index (χ0) is 10.9. The van der Waals surface area contributed by atoms with Gasteiger partial charge in [0.05, 0.1) is 5.54 Å². The van der Waals surface area contributed by atoms with Gasteiger partial charge in [-0.15, -0.1) is 0 Å². The molecule has 1 aliphatic carbocycles. The van der Waals surface area contributed by atoms with Gasteiger partial charge in [0, 0.05) is 18.3 Å². The first-order chi connectivity index (χ1) is 7.17. The van der Waals surface area contributed by atoms with E-state index in [0.29, 0.717) is 6.54 Å². The number of anilines is 1. The molecule has 0 unspecified atom stereocenters. The van der Waals surface area contributed by atoms with E-state index in [1.54, 1.807) is 0 Å². The normalized spacial score (nSPS) is 17.5. The summed E-state index contributed by atoms with van der Waals surface area (Å²) in [6.07, 6.45) is 3.23. The van der Waals surface area contributed by atoms with Crippen molar-refractivity contribution in [1.82, 2.24) is 9.97 Å². The van der Waals surface area contributed by atoms with Crippen LogP contribution in [0.3, 0.4) is 0 Å². The molecule has 1 aromatic heterocycles. The SMILES string of the molecule is CCc1cc(NC2(CN)CC2)nc(C)n1. The van der Waals surface area contributed by atoms with Crippen molar-refractivity contribution in [3.63, 3.8) is 0 Å². The molecule has 0 aliphatic heterocycles. The summed E-state index contributed by atoms with van der Waals surface area (Å²) in [7, 11) is 0. The number of nitrogens with zero attached hydrogens (tertiary/aromatic N) is 2. The summed E-state index contributed by atoms with van der Waals surface area (Å²) in [5, 5.41) is 3.42. The summed E-state index contributed by atoms with van der Waals surface area (Å²) in [6, 6.07) is 2.02. The largest absolute Gasteiger partial charge is 0.363 e. The van der Waals surface area contributed by atoms with E-state index in [4.69, 9.17) is 5.73 Å². The van der Waals surface area contributed by atoms with Gasteiger partial charge in [-0.3, -0.25) is 0 Å². The zero-order valence-electron chi connectivity index (χ0n) is 9.38. The molecule has 2 rings (SSSR count). The molecule has 1 saturated carbocycles. The first kappa shape index (κ1) is 10.4. The summed E-state index contributed by atoms with van der Waals surface area (Å²) in [4.78, 5) is 8.72. The minimum atomic E-state index is 0.117. The molecule has 0 spiro atoms. The highest BCUT2D eigenvalue weighted by Gasteiger charge is 2.41. The van der Waals surface area contributed by atoms with Gasteiger partial charge < -0.3 is 11.1 Å². The number of hydrogen-bond acceptors (Lipinski definition) is 4. The van der Waals surface area contributed by atoms with Gasteiger partial charge in [0.1, 0.15) is 11.6 Å². The molecule has 1 fully saturated rings. The van der Waals surface area contributed by atoms with Crippen molar-refractivity contribution in [3.05, 3.63) is 17.6 Å². The Hall–Kier alpha value is -1.16. The second kappa shape index (κ2) is 3.77. The van der Waals surface area contributed by atoms with Crippen molar-refractivity contribution in [2.75, 3.05) is 11.9 Å². The number of aromatic nitrogens is 2. The second-order valence-electron chi connectivity index (χ2n) is 4.25. The van der Waals surface area contributed by atoms with Crippen LogP contribution in [0.5, 0.6) is 0 Å². The van der Waals surface area contributed by atoms with Crippen LogP contribution < -0.4 is 11.1 Å².